The van der Waals surface area contributed by atoms with Gasteiger partial charge in [-0.1, -0.05) is 6.58 Å². The predicted molar refractivity (Wildman–Crippen MR) is 157 cm³/mol. The van der Waals surface area contributed by atoms with Crippen molar-refractivity contribution in [2.45, 2.75) is 12.5 Å². The Morgan fingerprint density at radius 1 is 1.26 bits per heavy atom. The molecule has 2 atom stereocenters. The molecule has 11 nitrogen and oxygen atoms in total. The van der Waals surface area contributed by atoms with E-state index in [-0.39, 0.29) is 39.5 Å². The predicted octanol–water partition coefficient (Wildman–Crippen LogP) is 3.13. The molecule has 2 fully saturated rings. The maximum absolute atomic E-state index is 16.4. The van der Waals surface area contributed by atoms with E-state index in [1.165, 1.54) is 10.9 Å². The number of nitrogens with zero attached hydrogens (tertiary/aromatic N) is 5. The van der Waals surface area contributed by atoms with E-state index in [2.05, 4.69) is 49.1 Å². The summed E-state index contributed by atoms with van der Waals surface area (Å²) in [6, 6.07) is 1.69. The van der Waals surface area contributed by atoms with Crippen LogP contribution in [0, 0.1) is 11.7 Å². The van der Waals surface area contributed by atoms with Gasteiger partial charge in [0.25, 0.3) is 0 Å². The fourth-order valence-electron chi connectivity index (χ4n) is 6.35. The van der Waals surface area contributed by atoms with Gasteiger partial charge in [-0.25, -0.2) is 28.2 Å². The molecule has 4 aromatic heterocycles. The Bertz CT molecular complexity index is 1860. The highest BCUT2D eigenvalue weighted by Gasteiger charge is 2.42. The lowest BCUT2D eigenvalue weighted by Crippen LogP contribution is -2.35. The fourth-order valence-corrected chi connectivity index (χ4v) is 6.35. The zero-order valence-electron chi connectivity index (χ0n) is 23.3. The number of carbonyl (C=O) groups is 1. The molecule has 0 saturated carbocycles. The van der Waals surface area contributed by atoms with Gasteiger partial charge in [0.2, 0.25) is 5.43 Å². The Balaban J connectivity index is 1.64. The standard InChI is InChI=1S/C29H30F2N8O3/c1-14(30)7-20(32-2)24-23(31)22-25(38-6-5-15-11-37(4)13-21(15)38)18(10-34-27(22)36-24)16-8-17-26(40)19(29(41)42)12-39(33-3)28(17)35-9-16/h7-10,12,15,21,32-33H,1,5-6,11,13H2,2-4H3,(H,34,36)(H,41,42)/b20-7+. The first-order valence-electron chi connectivity index (χ1n) is 13.5. The number of likely N-dealkylation sites (tertiary alicyclic amines) is 1. The van der Waals surface area contributed by atoms with Crippen LogP contribution in [0.25, 0.3) is 38.9 Å². The van der Waals surface area contributed by atoms with Gasteiger partial charge in [0.1, 0.15) is 22.7 Å². The molecule has 0 aromatic carbocycles. The van der Waals surface area contributed by atoms with Crippen molar-refractivity contribution in [1.82, 2.24) is 29.8 Å². The topological polar surface area (TPSA) is 131 Å². The van der Waals surface area contributed by atoms with E-state index in [9.17, 15) is 19.1 Å². The van der Waals surface area contributed by atoms with Crippen molar-refractivity contribution in [3.8, 4) is 11.1 Å². The van der Waals surface area contributed by atoms with E-state index < -0.39 is 28.6 Å². The molecule has 6 heterocycles. The number of aromatic nitrogens is 4. The van der Waals surface area contributed by atoms with Crippen LogP contribution in [0.1, 0.15) is 22.5 Å². The van der Waals surface area contributed by atoms with E-state index >= 15 is 4.39 Å². The molecule has 0 aliphatic carbocycles. The number of anilines is 1. The summed E-state index contributed by atoms with van der Waals surface area (Å²) in [5, 5.41) is 12.8. The van der Waals surface area contributed by atoms with Crippen LogP contribution in [-0.2, 0) is 0 Å². The van der Waals surface area contributed by atoms with Gasteiger partial charge < -0.3 is 30.6 Å². The second kappa shape index (κ2) is 10.2. The highest BCUT2D eigenvalue weighted by molar-refractivity contribution is 6.02. The Labute approximate surface area is 239 Å². The van der Waals surface area contributed by atoms with Crippen LogP contribution < -0.4 is 21.1 Å². The lowest BCUT2D eigenvalue weighted by atomic mass is 10.0. The number of carboxylic acids is 1. The van der Waals surface area contributed by atoms with Gasteiger partial charge in [0.15, 0.2) is 11.5 Å². The molecule has 2 unspecified atom stereocenters. The number of likely N-dealkylation sites (N-methyl/N-ethyl adjacent to an activating group) is 1. The smallest absolute Gasteiger partial charge is 0.341 e. The SMILES string of the molecule is C=C(F)/C=C(/NC)c1[nH]c2ncc(-c3cnc4c(c3)c(=O)c(C(=O)O)cn4NC)c(N3CCC4CN(C)CC43)c2c1F. The summed E-state index contributed by atoms with van der Waals surface area (Å²) in [4.78, 5) is 41.5. The Morgan fingerprint density at radius 2 is 2.05 bits per heavy atom. The van der Waals surface area contributed by atoms with Crippen LogP contribution in [-0.4, -0.2) is 82.4 Å². The monoisotopic (exact) mass is 576 g/mol. The van der Waals surface area contributed by atoms with Crippen molar-refractivity contribution in [3.05, 3.63) is 70.4 Å². The molecule has 4 aromatic rings. The van der Waals surface area contributed by atoms with Crippen LogP contribution in [0.3, 0.4) is 0 Å². The van der Waals surface area contributed by atoms with Gasteiger partial charge in [0, 0.05) is 69.5 Å². The van der Waals surface area contributed by atoms with Gasteiger partial charge >= 0.3 is 5.97 Å². The first-order valence-corrected chi connectivity index (χ1v) is 13.5. The summed E-state index contributed by atoms with van der Waals surface area (Å²) in [5.74, 6) is -2.31. The number of allylic oxidation sites excluding steroid dienone is 2. The summed E-state index contributed by atoms with van der Waals surface area (Å²) >= 11 is 0. The number of rotatable bonds is 7. The third kappa shape index (κ3) is 4.28. The maximum atomic E-state index is 16.4. The molecule has 2 saturated heterocycles. The minimum Gasteiger partial charge on any atom is -0.477 e. The molecule has 4 N–H and O–H groups in total. The zero-order valence-corrected chi connectivity index (χ0v) is 23.3. The van der Waals surface area contributed by atoms with Gasteiger partial charge in [-0.3, -0.25) is 4.79 Å². The number of hydrogen-bond donors (Lipinski definition) is 4. The first-order chi connectivity index (χ1) is 20.1. The first kappa shape index (κ1) is 27.4. The molecule has 0 bridgehead atoms. The minimum absolute atomic E-state index is 0.0381. The normalized spacial score (nSPS) is 19.1. The third-order valence-electron chi connectivity index (χ3n) is 8.22. The zero-order chi connectivity index (χ0) is 29.9. The summed E-state index contributed by atoms with van der Waals surface area (Å²) in [6.45, 7) is 5.67. The second-order valence-electron chi connectivity index (χ2n) is 10.7. The number of pyridine rings is 3. The van der Waals surface area contributed by atoms with E-state index in [0.717, 1.165) is 25.6 Å². The molecule has 13 heteroatoms. The van der Waals surface area contributed by atoms with E-state index in [4.69, 9.17) is 0 Å². The number of aromatic amines is 1. The van der Waals surface area contributed by atoms with Crippen molar-refractivity contribution in [1.29, 1.82) is 0 Å². The number of nitrogens with one attached hydrogen (secondary N) is 3. The van der Waals surface area contributed by atoms with E-state index in [1.54, 1.807) is 32.6 Å². The number of H-pyrrole nitrogens is 1. The highest BCUT2D eigenvalue weighted by atomic mass is 19.1. The fraction of sp³-hybridized carbons (Fsp3) is 0.310. The van der Waals surface area contributed by atoms with Gasteiger partial charge in [-0.2, -0.15) is 0 Å². The summed E-state index contributed by atoms with van der Waals surface area (Å²) in [6.07, 6.45) is 6.38. The van der Waals surface area contributed by atoms with Crippen molar-refractivity contribution >= 4 is 39.4 Å². The van der Waals surface area contributed by atoms with E-state index in [1.807, 2.05) is 0 Å². The number of aromatic carboxylic acids is 1. The van der Waals surface area contributed by atoms with Gasteiger partial charge in [0.05, 0.1) is 22.2 Å². The molecule has 42 heavy (non-hydrogen) atoms. The van der Waals surface area contributed by atoms with Crippen LogP contribution in [0.5, 0.6) is 0 Å². The summed E-state index contributed by atoms with van der Waals surface area (Å²) < 4.78 is 31.5. The molecule has 2 aliphatic rings. The molecule has 0 radical (unpaired) electrons. The van der Waals surface area contributed by atoms with Crippen LogP contribution in [0.2, 0.25) is 0 Å². The largest absolute Gasteiger partial charge is 0.477 e. The maximum Gasteiger partial charge on any atom is 0.341 e. The lowest BCUT2D eigenvalue weighted by molar-refractivity contribution is 0.0695. The average Bonchev–Trinajstić information content (AvgIpc) is 3.63. The second-order valence-corrected chi connectivity index (χ2v) is 10.7. The third-order valence-corrected chi connectivity index (χ3v) is 8.22. The quantitative estimate of drug-likeness (QED) is 0.245. The van der Waals surface area contributed by atoms with Gasteiger partial charge in [-0.15, -0.1) is 0 Å². The number of carboxylic acid groups (broad SMARTS) is 1. The molecular weight excluding hydrogens is 546 g/mol. The molecule has 218 valence electrons. The molecular formula is C29H30F2N8O3. The molecule has 0 spiro atoms. The van der Waals surface area contributed by atoms with Crippen molar-refractivity contribution in [3.63, 3.8) is 0 Å². The van der Waals surface area contributed by atoms with Crippen LogP contribution in [0.15, 0.2) is 47.9 Å². The van der Waals surface area contributed by atoms with Crippen LogP contribution >= 0.6 is 0 Å². The molecule has 2 aliphatic heterocycles. The summed E-state index contributed by atoms with van der Waals surface area (Å²) in [7, 11) is 5.20. The minimum atomic E-state index is -1.36. The van der Waals surface area contributed by atoms with Crippen LogP contribution in [0.4, 0.5) is 14.5 Å². The van der Waals surface area contributed by atoms with E-state index in [0.29, 0.717) is 29.3 Å². The number of halogens is 2. The molecule has 0 amide bonds. The average molecular weight is 577 g/mol. The highest BCUT2D eigenvalue weighted by Crippen LogP contribution is 2.44. The molecule has 6 rings (SSSR count). The Morgan fingerprint density at radius 3 is 2.74 bits per heavy atom. The Kier molecular flexibility index (Phi) is 6.68. The van der Waals surface area contributed by atoms with Crippen molar-refractivity contribution in [2.75, 3.05) is 51.1 Å². The lowest BCUT2D eigenvalue weighted by Gasteiger charge is -2.29. The number of hydrogen-bond acceptors (Lipinski definition) is 8. The number of fused-ring (bicyclic) bond motifs is 3. The van der Waals surface area contributed by atoms with Crippen molar-refractivity contribution < 1.29 is 18.7 Å². The van der Waals surface area contributed by atoms with Gasteiger partial charge in [-0.05, 0) is 31.5 Å². The van der Waals surface area contributed by atoms with Crippen molar-refractivity contribution in [2.24, 2.45) is 5.92 Å². The summed E-state index contributed by atoms with van der Waals surface area (Å²) in [5.41, 5.74) is 4.07. The Hall–Kier alpha value is -4.78.